The summed E-state index contributed by atoms with van der Waals surface area (Å²) >= 11 is 12.6. The second kappa shape index (κ2) is 16.1. The van der Waals surface area contributed by atoms with Crippen LogP contribution in [0.25, 0.3) is 0 Å². The third-order valence-corrected chi connectivity index (χ3v) is 7.04. The first-order valence-electron chi connectivity index (χ1n) is 14.2. The molecule has 0 radical (unpaired) electrons. The third-order valence-electron chi connectivity index (χ3n) is 6.45. The van der Waals surface area contributed by atoms with Gasteiger partial charge in [0.1, 0.15) is 23.0 Å². The highest BCUT2D eigenvalue weighted by atomic mass is 35.5. The molecule has 0 saturated carbocycles. The van der Waals surface area contributed by atoms with Crippen molar-refractivity contribution in [1.29, 1.82) is 0 Å². The minimum absolute atomic E-state index is 0.106. The summed E-state index contributed by atoms with van der Waals surface area (Å²) < 4.78 is 21.2. The van der Waals surface area contributed by atoms with E-state index in [0.717, 1.165) is 37.8 Å². The number of rotatable bonds is 8. The molecule has 2 amide bonds. The second-order valence-electron chi connectivity index (χ2n) is 11.1. The minimum atomic E-state index is -0.133. The van der Waals surface area contributed by atoms with Gasteiger partial charge in [-0.15, -0.1) is 0 Å². The number of ether oxygens (including phenoxy) is 4. The molecule has 2 saturated heterocycles. The first-order chi connectivity index (χ1) is 20.4. The van der Waals surface area contributed by atoms with Crippen molar-refractivity contribution in [3.63, 3.8) is 0 Å². The summed E-state index contributed by atoms with van der Waals surface area (Å²) in [5.41, 5.74) is 0.726. The van der Waals surface area contributed by atoms with Crippen molar-refractivity contribution in [3.8, 4) is 11.8 Å². The van der Waals surface area contributed by atoms with Crippen molar-refractivity contribution in [3.05, 3.63) is 22.2 Å². The van der Waals surface area contributed by atoms with Gasteiger partial charge in [0.2, 0.25) is 23.6 Å². The number of pyridine rings is 2. The van der Waals surface area contributed by atoms with Gasteiger partial charge >= 0.3 is 0 Å². The normalized spacial score (nSPS) is 15.3. The molecule has 0 spiro atoms. The van der Waals surface area contributed by atoms with E-state index in [4.69, 9.17) is 42.1 Å². The van der Waals surface area contributed by atoms with Crippen LogP contribution >= 0.6 is 23.2 Å². The summed E-state index contributed by atoms with van der Waals surface area (Å²) in [5, 5.41) is 6.36. The average Bonchev–Trinajstić information content (AvgIpc) is 2.99. The van der Waals surface area contributed by atoms with Crippen molar-refractivity contribution >= 4 is 58.0 Å². The quantitative estimate of drug-likeness (QED) is 0.412. The Morgan fingerprint density at radius 3 is 1.56 bits per heavy atom. The molecule has 0 aliphatic carbocycles. The van der Waals surface area contributed by atoms with E-state index >= 15 is 0 Å². The van der Waals surface area contributed by atoms with E-state index in [1.165, 1.54) is 14.2 Å². The molecule has 238 valence electrons. The number of methoxy groups -OCH3 is 2. The van der Waals surface area contributed by atoms with E-state index < -0.39 is 0 Å². The van der Waals surface area contributed by atoms with Gasteiger partial charge in [0.15, 0.2) is 0 Å². The number of carbonyl (C=O) groups excluding carboxylic acids is 2. The SMILES string of the molecule is CCC(=O)Nc1c(Cl)cc(N2CCOCC2)nc1OC.COc1nc(N2CCOCC2)cc(Cl)c1NC(=O)CC(C)(C)C. The summed E-state index contributed by atoms with van der Waals surface area (Å²) in [4.78, 5) is 36.7. The lowest BCUT2D eigenvalue weighted by atomic mass is 9.92. The van der Waals surface area contributed by atoms with E-state index in [2.05, 4.69) is 30.4 Å². The van der Waals surface area contributed by atoms with Crippen LogP contribution in [-0.2, 0) is 19.1 Å². The highest BCUT2D eigenvalue weighted by molar-refractivity contribution is 6.34. The molecule has 0 unspecified atom stereocenters. The topological polar surface area (TPSA) is 127 Å². The average molecular weight is 642 g/mol. The van der Waals surface area contributed by atoms with Crippen LogP contribution in [-0.4, -0.2) is 88.6 Å². The van der Waals surface area contributed by atoms with Crippen LogP contribution in [0, 0.1) is 5.41 Å². The lowest BCUT2D eigenvalue weighted by Gasteiger charge is -2.28. The highest BCUT2D eigenvalue weighted by Gasteiger charge is 2.22. The number of hydrogen-bond donors (Lipinski definition) is 2. The Balaban J connectivity index is 0.000000238. The molecule has 0 bridgehead atoms. The molecule has 2 aliphatic rings. The summed E-state index contributed by atoms with van der Waals surface area (Å²) in [6, 6.07) is 3.49. The van der Waals surface area contributed by atoms with Gasteiger partial charge in [-0.2, -0.15) is 9.97 Å². The molecule has 0 atom stereocenters. The maximum absolute atomic E-state index is 12.2. The van der Waals surface area contributed by atoms with Gasteiger partial charge in [-0.3, -0.25) is 9.59 Å². The summed E-state index contributed by atoms with van der Waals surface area (Å²) in [6.07, 6.45) is 0.752. The summed E-state index contributed by atoms with van der Waals surface area (Å²) in [5.74, 6) is 1.85. The molecular formula is C29H42Cl2N6O6. The molecule has 2 aromatic rings. The third kappa shape index (κ3) is 10.3. The first-order valence-corrected chi connectivity index (χ1v) is 15.0. The zero-order chi connectivity index (χ0) is 31.6. The van der Waals surface area contributed by atoms with Crippen LogP contribution in [0.5, 0.6) is 11.8 Å². The molecule has 2 N–H and O–H groups in total. The summed E-state index contributed by atoms with van der Waals surface area (Å²) in [6.45, 7) is 13.4. The number of nitrogens with zero attached hydrogens (tertiary/aromatic N) is 4. The number of nitrogens with one attached hydrogen (secondary N) is 2. The van der Waals surface area contributed by atoms with Gasteiger partial charge in [-0.25, -0.2) is 0 Å². The van der Waals surface area contributed by atoms with Crippen molar-refractivity contribution in [1.82, 2.24) is 9.97 Å². The summed E-state index contributed by atoms with van der Waals surface area (Å²) in [7, 11) is 3.02. The molecular weight excluding hydrogens is 599 g/mol. The molecule has 4 heterocycles. The zero-order valence-electron chi connectivity index (χ0n) is 25.7. The molecule has 12 nitrogen and oxygen atoms in total. The van der Waals surface area contributed by atoms with Crippen LogP contribution < -0.4 is 29.9 Å². The van der Waals surface area contributed by atoms with Gasteiger partial charge in [0.25, 0.3) is 0 Å². The van der Waals surface area contributed by atoms with Gasteiger partial charge in [0.05, 0.1) is 50.7 Å². The molecule has 14 heteroatoms. The van der Waals surface area contributed by atoms with Crippen LogP contribution in [0.3, 0.4) is 0 Å². The maximum Gasteiger partial charge on any atom is 0.241 e. The molecule has 2 fully saturated rings. The zero-order valence-corrected chi connectivity index (χ0v) is 27.2. The second-order valence-corrected chi connectivity index (χ2v) is 11.9. The van der Waals surface area contributed by atoms with Crippen molar-refractivity contribution in [2.24, 2.45) is 5.41 Å². The van der Waals surface area contributed by atoms with E-state index in [9.17, 15) is 9.59 Å². The van der Waals surface area contributed by atoms with Gasteiger partial charge < -0.3 is 39.4 Å². The van der Waals surface area contributed by atoms with Crippen LogP contribution in [0.15, 0.2) is 12.1 Å². The van der Waals surface area contributed by atoms with Crippen molar-refractivity contribution < 1.29 is 28.5 Å². The molecule has 0 aromatic carbocycles. The van der Waals surface area contributed by atoms with Crippen LogP contribution in [0.1, 0.15) is 40.5 Å². The Kier molecular flexibility index (Phi) is 12.9. The number of hydrogen-bond acceptors (Lipinski definition) is 10. The number of amides is 2. The van der Waals surface area contributed by atoms with E-state index in [1.54, 1.807) is 19.1 Å². The van der Waals surface area contributed by atoms with Crippen LogP contribution in [0.4, 0.5) is 23.0 Å². The molecule has 43 heavy (non-hydrogen) atoms. The Morgan fingerprint density at radius 2 is 1.21 bits per heavy atom. The fraction of sp³-hybridized carbons (Fsp3) is 0.586. The predicted molar refractivity (Wildman–Crippen MR) is 169 cm³/mol. The number of aromatic nitrogens is 2. The lowest BCUT2D eigenvalue weighted by molar-refractivity contribution is -0.118. The number of anilines is 4. The largest absolute Gasteiger partial charge is 0.479 e. The molecule has 4 rings (SSSR count). The smallest absolute Gasteiger partial charge is 0.241 e. The monoisotopic (exact) mass is 640 g/mol. The lowest BCUT2D eigenvalue weighted by Crippen LogP contribution is -2.36. The Hall–Kier alpha value is -3.06. The fourth-order valence-corrected chi connectivity index (χ4v) is 4.73. The van der Waals surface area contributed by atoms with E-state index in [0.29, 0.717) is 72.4 Å². The first kappa shape index (κ1) is 34.4. The number of halogens is 2. The van der Waals surface area contributed by atoms with Crippen molar-refractivity contribution in [2.45, 2.75) is 40.5 Å². The maximum atomic E-state index is 12.2. The van der Waals surface area contributed by atoms with E-state index in [1.807, 2.05) is 20.8 Å². The Morgan fingerprint density at radius 1 is 0.814 bits per heavy atom. The van der Waals surface area contributed by atoms with Crippen LogP contribution in [0.2, 0.25) is 10.0 Å². The van der Waals surface area contributed by atoms with Gasteiger partial charge in [0, 0.05) is 51.2 Å². The fourth-order valence-electron chi connectivity index (χ4n) is 4.28. The van der Waals surface area contributed by atoms with Crippen molar-refractivity contribution in [2.75, 3.05) is 87.3 Å². The number of morpholine rings is 2. The van der Waals surface area contributed by atoms with E-state index in [-0.39, 0.29) is 17.2 Å². The Bertz CT molecular complexity index is 1250. The number of carbonyl (C=O) groups is 2. The minimum Gasteiger partial charge on any atom is -0.479 e. The molecule has 2 aromatic heterocycles. The van der Waals surface area contributed by atoms with Gasteiger partial charge in [-0.1, -0.05) is 50.9 Å². The highest BCUT2D eigenvalue weighted by Crippen LogP contribution is 2.36. The van der Waals surface area contributed by atoms with Gasteiger partial charge in [-0.05, 0) is 5.41 Å². The standard InChI is InChI=1S/C16H24ClN3O3.C13H18ClN3O3/c1-16(2,3)10-13(21)19-14-11(17)9-12(18-15(14)22-4)20-5-7-23-8-6-20;1-3-11(18)16-12-9(14)8-10(15-13(12)19-2)17-4-6-20-7-5-17/h9H,5-8,10H2,1-4H3,(H,19,21);8H,3-7H2,1-2H3,(H,16,18). The predicted octanol–water partition coefficient (Wildman–Crippen LogP) is 4.88. The molecule has 2 aliphatic heterocycles. The Labute approximate surface area is 263 Å².